The summed E-state index contributed by atoms with van der Waals surface area (Å²) in [5.74, 6) is -0.558. The first-order valence-electron chi connectivity index (χ1n) is 6.76. The normalized spacial score (nSPS) is 10.7. The van der Waals surface area contributed by atoms with Gasteiger partial charge in [-0.05, 0) is 19.8 Å². The molecule has 0 aliphatic heterocycles. The lowest BCUT2D eigenvalue weighted by atomic mass is 10.1. The number of esters is 1. The standard InChI is InChI=1S/C13H22N4O3/c1-6-16(5)10(18)8-17-12(9(3)4)11(14-15-17)13(19)20-7-2/h9H,6-8H2,1-5H3. The van der Waals surface area contributed by atoms with Crippen LogP contribution >= 0.6 is 0 Å². The fraction of sp³-hybridized carbons (Fsp3) is 0.692. The van der Waals surface area contributed by atoms with Gasteiger partial charge in [0.25, 0.3) is 0 Å². The SMILES string of the molecule is CCOC(=O)c1nnn(CC(=O)N(C)CC)c1C(C)C. The van der Waals surface area contributed by atoms with E-state index in [0.717, 1.165) is 0 Å². The van der Waals surface area contributed by atoms with Crippen LogP contribution in [0.15, 0.2) is 0 Å². The van der Waals surface area contributed by atoms with Gasteiger partial charge in [-0.3, -0.25) is 4.79 Å². The molecule has 0 fully saturated rings. The van der Waals surface area contributed by atoms with Gasteiger partial charge in [0, 0.05) is 13.6 Å². The molecule has 0 radical (unpaired) electrons. The highest BCUT2D eigenvalue weighted by atomic mass is 16.5. The van der Waals surface area contributed by atoms with E-state index in [1.807, 2.05) is 20.8 Å². The van der Waals surface area contributed by atoms with Crippen LogP contribution in [-0.4, -0.2) is 52.0 Å². The van der Waals surface area contributed by atoms with Crippen molar-refractivity contribution in [3.8, 4) is 0 Å². The van der Waals surface area contributed by atoms with Crippen LogP contribution in [0.3, 0.4) is 0 Å². The minimum absolute atomic E-state index is 0.0177. The first kappa shape index (κ1) is 16.1. The number of likely N-dealkylation sites (N-methyl/N-ethyl adjacent to an activating group) is 1. The van der Waals surface area contributed by atoms with Gasteiger partial charge in [0.1, 0.15) is 6.54 Å². The maximum atomic E-state index is 11.9. The molecular weight excluding hydrogens is 260 g/mol. The predicted molar refractivity (Wildman–Crippen MR) is 73.4 cm³/mol. The lowest BCUT2D eigenvalue weighted by Gasteiger charge is -2.16. The van der Waals surface area contributed by atoms with Crippen molar-refractivity contribution in [3.05, 3.63) is 11.4 Å². The van der Waals surface area contributed by atoms with Gasteiger partial charge in [-0.1, -0.05) is 19.1 Å². The first-order chi connectivity index (χ1) is 9.42. The number of carbonyl (C=O) groups is 2. The molecule has 0 aliphatic carbocycles. The summed E-state index contributed by atoms with van der Waals surface area (Å²) in [6.45, 7) is 8.45. The molecular formula is C13H22N4O3. The van der Waals surface area contributed by atoms with Crippen LogP contribution < -0.4 is 0 Å². The second kappa shape index (κ2) is 7.02. The van der Waals surface area contributed by atoms with E-state index in [1.54, 1.807) is 18.9 Å². The van der Waals surface area contributed by atoms with Crippen molar-refractivity contribution in [2.24, 2.45) is 0 Å². The molecule has 0 saturated heterocycles. The van der Waals surface area contributed by atoms with Crippen LogP contribution in [-0.2, 0) is 16.1 Å². The van der Waals surface area contributed by atoms with Gasteiger partial charge in [-0.25, -0.2) is 9.48 Å². The Morgan fingerprint density at radius 3 is 2.50 bits per heavy atom. The third kappa shape index (κ3) is 3.55. The van der Waals surface area contributed by atoms with E-state index >= 15 is 0 Å². The van der Waals surface area contributed by atoms with Crippen molar-refractivity contribution < 1.29 is 14.3 Å². The summed E-state index contributed by atoms with van der Waals surface area (Å²) < 4.78 is 6.43. The molecule has 7 heteroatoms. The molecule has 0 atom stereocenters. The van der Waals surface area contributed by atoms with Gasteiger partial charge < -0.3 is 9.64 Å². The summed E-state index contributed by atoms with van der Waals surface area (Å²) in [4.78, 5) is 25.4. The zero-order valence-corrected chi connectivity index (χ0v) is 12.7. The van der Waals surface area contributed by atoms with Gasteiger partial charge in [0.15, 0.2) is 5.69 Å². The maximum Gasteiger partial charge on any atom is 0.360 e. The van der Waals surface area contributed by atoms with Crippen molar-refractivity contribution >= 4 is 11.9 Å². The van der Waals surface area contributed by atoms with Crippen molar-refractivity contribution in [3.63, 3.8) is 0 Å². The van der Waals surface area contributed by atoms with Gasteiger partial charge >= 0.3 is 5.97 Å². The number of hydrogen-bond donors (Lipinski definition) is 0. The number of ether oxygens (including phenoxy) is 1. The highest BCUT2D eigenvalue weighted by Crippen LogP contribution is 2.18. The molecule has 1 amide bonds. The van der Waals surface area contributed by atoms with Gasteiger partial charge in [0.2, 0.25) is 5.91 Å². The molecule has 0 saturated carbocycles. The summed E-state index contributed by atoms with van der Waals surface area (Å²) in [7, 11) is 1.72. The molecule has 0 bridgehead atoms. The Morgan fingerprint density at radius 1 is 1.35 bits per heavy atom. The molecule has 0 spiro atoms. The summed E-state index contributed by atoms with van der Waals surface area (Å²) >= 11 is 0. The summed E-state index contributed by atoms with van der Waals surface area (Å²) in [6, 6.07) is 0. The second-order valence-corrected chi connectivity index (χ2v) is 4.76. The molecule has 0 unspecified atom stereocenters. The van der Waals surface area contributed by atoms with Gasteiger partial charge in [-0.15, -0.1) is 5.10 Å². The zero-order chi connectivity index (χ0) is 15.3. The Balaban J connectivity index is 3.03. The number of nitrogens with zero attached hydrogens (tertiary/aromatic N) is 4. The molecule has 112 valence electrons. The van der Waals surface area contributed by atoms with E-state index in [0.29, 0.717) is 12.2 Å². The number of aromatic nitrogens is 3. The van der Waals surface area contributed by atoms with Gasteiger partial charge in [0.05, 0.1) is 12.3 Å². The van der Waals surface area contributed by atoms with Crippen molar-refractivity contribution in [2.45, 2.75) is 40.2 Å². The summed E-state index contributed by atoms with van der Waals surface area (Å²) in [6.07, 6.45) is 0. The molecule has 20 heavy (non-hydrogen) atoms. The van der Waals surface area contributed by atoms with Crippen LogP contribution in [0.2, 0.25) is 0 Å². The number of amides is 1. The molecule has 0 aliphatic rings. The minimum atomic E-state index is -0.501. The number of carbonyl (C=O) groups excluding carboxylic acids is 2. The Labute approximate surface area is 118 Å². The first-order valence-corrected chi connectivity index (χ1v) is 6.76. The largest absolute Gasteiger partial charge is 0.461 e. The fourth-order valence-corrected chi connectivity index (χ4v) is 1.78. The zero-order valence-electron chi connectivity index (χ0n) is 12.7. The monoisotopic (exact) mass is 282 g/mol. The van der Waals surface area contributed by atoms with E-state index in [1.165, 1.54) is 4.68 Å². The highest BCUT2D eigenvalue weighted by molar-refractivity contribution is 5.88. The Bertz CT molecular complexity index is 482. The molecule has 1 aromatic rings. The Kier molecular flexibility index (Phi) is 5.66. The van der Waals surface area contributed by atoms with Gasteiger partial charge in [-0.2, -0.15) is 0 Å². The minimum Gasteiger partial charge on any atom is -0.461 e. The average molecular weight is 282 g/mol. The van der Waals surface area contributed by atoms with Crippen LogP contribution in [0.25, 0.3) is 0 Å². The summed E-state index contributed by atoms with van der Waals surface area (Å²) in [5.41, 5.74) is 0.815. The topological polar surface area (TPSA) is 77.3 Å². The quantitative estimate of drug-likeness (QED) is 0.729. The van der Waals surface area contributed by atoms with Crippen molar-refractivity contribution in [1.82, 2.24) is 19.9 Å². The van der Waals surface area contributed by atoms with Crippen LogP contribution in [0.1, 0.15) is 49.8 Å². The second-order valence-electron chi connectivity index (χ2n) is 4.76. The average Bonchev–Trinajstić information content (AvgIpc) is 2.81. The number of rotatable bonds is 6. The maximum absolute atomic E-state index is 11.9. The van der Waals surface area contributed by atoms with Crippen molar-refractivity contribution in [2.75, 3.05) is 20.2 Å². The molecule has 1 rings (SSSR count). The molecule has 1 heterocycles. The smallest absolute Gasteiger partial charge is 0.360 e. The summed E-state index contributed by atoms with van der Waals surface area (Å²) in [5, 5.41) is 7.78. The van der Waals surface area contributed by atoms with E-state index in [9.17, 15) is 9.59 Å². The lowest BCUT2D eigenvalue weighted by Crippen LogP contribution is -2.31. The molecule has 1 aromatic heterocycles. The fourth-order valence-electron chi connectivity index (χ4n) is 1.78. The van der Waals surface area contributed by atoms with E-state index in [2.05, 4.69) is 10.3 Å². The Hall–Kier alpha value is -1.92. The highest BCUT2D eigenvalue weighted by Gasteiger charge is 2.24. The van der Waals surface area contributed by atoms with E-state index < -0.39 is 5.97 Å². The van der Waals surface area contributed by atoms with E-state index in [4.69, 9.17) is 4.74 Å². The van der Waals surface area contributed by atoms with Crippen molar-refractivity contribution in [1.29, 1.82) is 0 Å². The van der Waals surface area contributed by atoms with E-state index in [-0.39, 0.29) is 30.7 Å². The molecule has 7 nitrogen and oxygen atoms in total. The molecule has 0 aromatic carbocycles. The van der Waals surface area contributed by atoms with Crippen LogP contribution in [0.5, 0.6) is 0 Å². The predicted octanol–water partition coefficient (Wildman–Crippen LogP) is 1.06. The number of hydrogen-bond acceptors (Lipinski definition) is 5. The van der Waals surface area contributed by atoms with Crippen LogP contribution in [0.4, 0.5) is 0 Å². The third-order valence-corrected chi connectivity index (χ3v) is 2.97. The lowest BCUT2D eigenvalue weighted by molar-refractivity contribution is -0.130. The molecule has 0 N–H and O–H groups in total. The third-order valence-electron chi connectivity index (χ3n) is 2.97. The Morgan fingerprint density at radius 2 is 2.00 bits per heavy atom. The van der Waals surface area contributed by atoms with Crippen LogP contribution in [0, 0.1) is 0 Å².